The predicted molar refractivity (Wildman–Crippen MR) is 76.3 cm³/mol. The second kappa shape index (κ2) is 6.75. The molecule has 1 unspecified atom stereocenters. The maximum Gasteiger partial charge on any atom is 0.0950 e. The van der Waals surface area contributed by atoms with Gasteiger partial charge in [0.25, 0.3) is 0 Å². The third-order valence-electron chi connectivity index (χ3n) is 2.99. The van der Waals surface area contributed by atoms with Crippen LogP contribution in [0, 0.1) is 0 Å². The van der Waals surface area contributed by atoms with E-state index in [0.717, 1.165) is 22.6 Å². The van der Waals surface area contributed by atoms with Crippen molar-refractivity contribution in [2.24, 2.45) is 0 Å². The van der Waals surface area contributed by atoms with Crippen LogP contribution >= 0.6 is 11.6 Å². The van der Waals surface area contributed by atoms with Crippen molar-refractivity contribution in [1.82, 2.24) is 5.32 Å². The van der Waals surface area contributed by atoms with Gasteiger partial charge in [-0.3, -0.25) is 0 Å². The van der Waals surface area contributed by atoms with E-state index in [1.54, 1.807) is 19.5 Å². The van der Waals surface area contributed by atoms with Crippen molar-refractivity contribution in [3.05, 3.63) is 59.0 Å². The molecule has 0 aliphatic heterocycles. The first kappa shape index (κ1) is 14.1. The standard InChI is InChI=1S/C15H18ClNO2/c1-11(18)9-17-15(13-6-7-19-10-13)8-12-4-2-3-5-14(12)16/h2-7,10-11,15,17-18H,8-9H2,1H3/t11-,15?/m0/s1. The van der Waals surface area contributed by atoms with Crippen molar-refractivity contribution in [3.63, 3.8) is 0 Å². The number of aliphatic hydroxyl groups excluding tert-OH is 1. The van der Waals surface area contributed by atoms with Gasteiger partial charge in [-0.2, -0.15) is 0 Å². The Morgan fingerprint density at radius 3 is 2.74 bits per heavy atom. The molecule has 0 aliphatic carbocycles. The molecule has 2 aromatic rings. The number of benzene rings is 1. The van der Waals surface area contributed by atoms with Crippen molar-refractivity contribution in [1.29, 1.82) is 0 Å². The summed E-state index contributed by atoms with van der Waals surface area (Å²) in [5.74, 6) is 0. The highest BCUT2D eigenvalue weighted by atomic mass is 35.5. The van der Waals surface area contributed by atoms with Gasteiger partial charge >= 0.3 is 0 Å². The van der Waals surface area contributed by atoms with Gasteiger partial charge in [-0.1, -0.05) is 29.8 Å². The van der Waals surface area contributed by atoms with Crippen LogP contribution in [0.3, 0.4) is 0 Å². The predicted octanol–water partition coefficient (Wildman–Crippen LogP) is 3.19. The Kier molecular flexibility index (Phi) is 5.02. The highest BCUT2D eigenvalue weighted by Crippen LogP contribution is 2.23. The number of furan rings is 1. The average Bonchev–Trinajstić information content (AvgIpc) is 2.90. The van der Waals surface area contributed by atoms with Gasteiger partial charge in [-0.15, -0.1) is 0 Å². The number of halogens is 1. The van der Waals surface area contributed by atoms with Gasteiger partial charge in [-0.05, 0) is 31.0 Å². The molecule has 0 bridgehead atoms. The Morgan fingerprint density at radius 2 is 2.11 bits per heavy atom. The van der Waals surface area contributed by atoms with Crippen LogP contribution in [0.1, 0.15) is 24.1 Å². The molecule has 0 saturated heterocycles. The first-order valence-corrected chi connectivity index (χ1v) is 6.71. The molecular formula is C15H18ClNO2. The van der Waals surface area contributed by atoms with E-state index in [9.17, 15) is 5.11 Å². The van der Waals surface area contributed by atoms with Crippen molar-refractivity contribution in [2.45, 2.75) is 25.5 Å². The summed E-state index contributed by atoms with van der Waals surface area (Å²) >= 11 is 6.19. The molecule has 4 heteroatoms. The minimum Gasteiger partial charge on any atom is -0.472 e. The normalized spacial score (nSPS) is 14.3. The fourth-order valence-electron chi connectivity index (χ4n) is 1.98. The molecule has 0 saturated carbocycles. The Hall–Kier alpha value is -1.29. The van der Waals surface area contributed by atoms with E-state index in [4.69, 9.17) is 16.0 Å². The molecule has 0 fully saturated rings. The third-order valence-corrected chi connectivity index (χ3v) is 3.36. The molecule has 0 amide bonds. The number of rotatable bonds is 6. The molecule has 2 rings (SSSR count). The second-order valence-electron chi connectivity index (χ2n) is 4.66. The van der Waals surface area contributed by atoms with Gasteiger partial charge in [0, 0.05) is 23.2 Å². The summed E-state index contributed by atoms with van der Waals surface area (Å²) in [4.78, 5) is 0. The zero-order chi connectivity index (χ0) is 13.7. The van der Waals surface area contributed by atoms with E-state index < -0.39 is 0 Å². The first-order chi connectivity index (χ1) is 9.16. The van der Waals surface area contributed by atoms with Crippen LogP contribution in [0.2, 0.25) is 5.02 Å². The maximum absolute atomic E-state index is 9.41. The summed E-state index contributed by atoms with van der Waals surface area (Å²) < 4.78 is 5.13. The molecule has 0 radical (unpaired) electrons. The van der Waals surface area contributed by atoms with Crippen LogP contribution in [-0.4, -0.2) is 17.8 Å². The van der Waals surface area contributed by atoms with Crippen LogP contribution in [0.5, 0.6) is 0 Å². The number of nitrogens with one attached hydrogen (secondary N) is 1. The van der Waals surface area contributed by atoms with Crippen LogP contribution in [0.4, 0.5) is 0 Å². The van der Waals surface area contributed by atoms with E-state index in [1.165, 1.54) is 0 Å². The summed E-state index contributed by atoms with van der Waals surface area (Å²) in [5.41, 5.74) is 2.13. The van der Waals surface area contributed by atoms with Crippen LogP contribution < -0.4 is 5.32 Å². The van der Waals surface area contributed by atoms with E-state index in [2.05, 4.69) is 5.32 Å². The number of hydrogen-bond acceptors (Lipinski definition) is 3. The Bertz CT molecular complexity index is 497. The highest BCUT2D eigenvalue weighted by molar-refractivity contribution is 6.31. The van der Waals surface area contributed by atoms with Gasteiger partial charge in [0.1, 0.15) is 0 Å². The third kappa shape index (κ3) is 4.10. The molecule has 0 spiro atoms. The van der Waals surface area contributed by atoms with E-state index in [0.29, 0.717) is 6.54 Å². The van der Waals surface area contributed by atoms with Crippen LogP contribution in [-0.2, 0) is 6.42 Å². The molecular weight excluding hydrogens is 262 g/mol. The van der Waals surface area contributed by atoms with Crippen molar-refractivity contribution < 1.29 is 9.52 Å². The molecule has 19 heavy (non-hydrogen) atoms. The van der Waals surface area contributed by atoms with E-state index in [-0.39, 0.29) is 12.1 Å². The minimum atomic E-state index is -0.388. The molecule has 102 valence electrons. The Balaban J connectivity index is 2.12. The quantitative estimate of drug-likeness (QED) is 0.854. The molecule has 1 heterocycles. The summed E-state index contributed by atoms with van der Waals surface area (Å²) in [7, 11) is 0. The van der Waals surface area contributed by atoms with Crippen LogP contribution in [0.15, 0.2) is 47.3 Å². The smallest absolute Gasteiger partial charge is 0.0950 e. The minimum absolute atomic E-state index is 0.0771. The van der Waals surface area contributed by atoms with Gasteiger partial charge in [0.15, 0.2) is 0 Å². The Morgan fingerprint density at radius 1 is 1.32 bits per heavy atom. The van der Waals surface area contributed by atoms with Crippen molar-refractivity contribution in [3.8, 4) is 0 Å². The summed E-state index contributed by atoms with van der Waals surface area (Å²) in [5, 5.41) is 13.5. The summed E-state index contributed by atoms with van der Waals surface area (Å²) in [6, 6.07) is 9.80. The number of hydrogen-bond donors (Lipinski definition) is 2. The highest BCUT2D eigenvalue weighted by Gasteiger charge is 2.15. The molecule has 0 aliphatic rings. The average molecular weight is 280 g/mol. The largest absolute Gasteiger partial charge is 0.472 e. The lowest BCUT2D eigenvalue weighted by Gasteiger charge is -2.19. The zero-order valence-corrected chi connectivity index (χ0v) is 11.6. The lowest BCUT2D eigenvalue weighted by atomic mass is 10.0. The lowest BCUT2D eigenvalue weighted by molar-refractivity contribution is 0.186. The summed E-state index contributed by atoms with van der Waals surface area (Å²) in [6.07, 6.45) is 3.74. The Labute approximate surface area is 118 Å². The van der Waals surface area contributed by atoms with E-state index >= 15 is 0 Å². The second-order valence-corrected chi connectivity index (χ2v) is 5.07. The SMILES string of the molecule is C[C@H](O)CNC(Cc1ccccc1Cl)c1ccoc1. The fraction of sp³-hybridized carbons (Fsp3) is 0.333. The summed E-state index contributed by atoms with van der Waals surface area (Å²) in [6.45, 7) is 2.29. The van der Waals surface area contributed by atoms with Gasteiger partial charge in [-0.25, -0.2) is 0 Å². The molecule has 3 nitrogen and oxygen atoms in total. The molecule has 2 atom stereocenters. The van der Waals surface area contributed by atoms with Gasteiger partial charge in [0.05, 0.1) is 18.6 Å². The van der Waals surface area contributed by atoms with Crippen LogP contribution in [0.25, 0.3) is 0 Å². The van der Waals surface area contributed by atoms with E-state index in [1.807, 2.05) is 30.3 Å². The van der Waals surface area contributed by atoms with Gasteiger partial charge < -0.3 is 14.8 Å². The number of aliphatic hydroxyl groups is 1. The topological polar surface area (TPSA) is 45.4 Å². The molecule has 1 aromatic heterocycles. The fourth-order valence-corrected chi connectivity index (χ4v) is 2.19. The zero-order valence-electron chi connectivity index (χ0n) is 10.8. The first-order valence-electron chi connectivity index (χ1n) is 6.33. The molecule has 2 N–H and O–H groups in total. The van der Waals surface area contributed by atoms with Crippen molar-refractivity contribution in [2.75, 3.05) is 6.54 Å². The van der Waals surface area contributed by atoms with Crippen molar-refractivity contribution >= 4 is 11.6 Å². The monoisotopic (exact) mass is 279 g/mol. The lowest BCUT2D eigenvalue weighted by Crippen LogP contribution is -2.29. The maximum atomic E-state index is 9.41. The van der Waals surface area contributed by atoms with Gasteiger partial charge in [0.2, 0.25) is 0 Å². The molecule has 1 aromatic carbocycles.